The lowest BCUT2D eigenvalue weighted by Crippen LogP contribution is -2.32. The third kappa shape index (κ3) is 3.00. The van der Waals surface area contributed by atoms with E-state index < -0.39 is 0 Å². The van der Waals surface area contributed by atoms with Crippen LogP contribution < -0.4 is 10.1 Å². The summed E-state index contributed by atoms with van der Waals surface area (Å²) >= 11 is 12.9. The van der Waals surface area contributed by atoms with Crippen LogP contribution in [-0.4, -0.2) is 14.8 Å². The number of ether oxygens (including phenoxy) is 1. The summed E-state index contributed by atoms with van der Waals surface area (Å²) in [5, 5.41) is 9.18. The smallest absolute Gasteiger partial charge is 0.226 e. The Labute approximate surface area is 195 Å². The lowest BCUT2D eigenvalue weighted by molar-refractivity contribution is 0.223. The van der Waals surface area contributed by atoms with Crippen LogP contribution in [0, 0.1) is 6.92 Å². The molecule has 0 saturated carbocycles. The molecule has 7 heteroatoms. The van der Waals surface area contributed by atoms with Crippen molar-refractivity contribution >= 4 is 34.8 Å². The van der Waals surface area contributed by atoms with Crippen molar-refractivity contribution in [3.8, 4) is 5.75 Å². The van der Waals surface area contributed by atoms with Crippen LogP contribution >= 0.6 is 23.2 Å². The number of aryl methyl sites for hydroxylation is 1. The Bertz CT molecular complexity index is 1380. The first-order chi connectivity index (χ1) is 15.6. The summed E-state index contributed by atoms with van der Waals surface area (Å²) in [4.78, 5) is 4.45. The highest BCUT2D eigenvalue weighted by atomic mass is 35.5. The van der Waals surface area contributed by atoms with Gasteiger partial charge in [0.15, 0.2) is 0 Å². The van der Waals surface area contributed by atoms with Gasteiger partial charge in [0.2, 0.25) is 5.95 Å². The Kier molecular flexibility index (Phi) is 4.49. The molecule has 2 atom stereocenters. The third-order valence-electron chi connectivity index (χ3n) is 5.96. The zero-order valence-electron chi connectivity index (χ0n) is 17.1. The van der Waals surface area contributed by atoms with Gasteiger partial charge in [0.05, 0.1) is 5.70 Å². The predicted molar refractivity (Wildman–Crippen MR) is 126 cm³/mol. The molecule has 2 aliphatic rings. The highest BCUT2D eigenvalue weighted by Crippen LogP contribution is 2.51. The molecule has 0 spiro atoms. The summed E-state index contributed by atoms with van der Waals surface area (Å²) in [6.45, 7) is 2.08. The highest BCUT2D eigenvalue weighted by Gasteiger charge is 2.41. The molecule has 0 saturated heterocycles. The molecule has 3 aromatic carbocycles. The molecule has 5 nitrogen and oxygen atoms in total. The summed E-state index contributed by atoms with van der Waals surface area (Å²) in [7, 11) is 0. The molecular weight excluding hydrogens is 443 g/mol. The largest absolute Gasteiger partial charge is 0.480 e. The number of halogens is 2. The van der Waals surface area contributed by atoms with Gasteiger partial charge >= 0.3 is 0 Å². The van der Waals surface area contributed by atoms with Crippen LogP contribution in [-0.2, 0) is 0 Å². The Morgan fingerprint density at radius 2 is 1.81 bits per heavy atom. The number of para-hydroxylation sites is 1. The van der Waals surface area contributed by atoms with Crippen LogP contribution in [0.4, 0.5) is 5.95 Å². The highest BCUT2D eigenvalue weighted by molar-refractivity contribution is 6.35. The van der Waals surface area contributed by atoms with Crippen molar-refractivity contribution in [2.75, 3.05) is 5.32 Å². The summed E-state index contributed by atoms with van der Waals surface area (Å²) in [6.07, 6.45) is 1.22. The molecule has 0 aliphatic carbocycles. The lowest BCUT2D eigenvalue weighted by atomic mass is 9.84. The summed E-state index contributed by atoms with van der Waals surface area (Å²) < 4.78 is 8.46. The number of nitrogens with zero attached hydrogens (tertiary/aromatic N) is 3. The fourth-order valence-corrected chi connectivity index (χ4v) is 4.97. The quantitative estimate of drug-likeness (QED) is 0.373. The van der Waals surface area contributed by atoms with Crippen molar-refractivity contribution < 1.29 is 4.74 Å². The van der Waals surface area contributed by atoms with E-state index in [1.807, 2.05) is 35.0 Å². The fourth-order valence-electron chi connectivity index (χ4n) is 4.46. The number of hydrogen-bond donors (Lipinski definition) is 1. The van der Waals surface area contributed by atoms with E-state index in [-0.39, 0.29) is 12.1 Å². The van der Waals surface area contributed by atoms with Gasteiger partial charge in [-0.25, -0.2) is 4.68 Å². The number of anilines is 1. The Morgan fingerprint density at radius 3 is 2.62 bits per heavy atom. The van der Waals surface area contributed by atoms with Crippen LogP contribution in [0.2, 0.25) is 10.0 Å². The van der Waals surface area contributed by atoms with Gasteiger partial charge in [-0.05, 0) is 42.3 Å². The van der Waals surface area contributed by atoms with E-state index in [4.69, 9.17) is 27.9 Å². The summed E-state index contributed by atoms with van der Waals surface area (Å²) in [6, 6.07) is 21.7. The third-order valence-corrected chi connectivity index (χ3v) is 6.52. The maximum atomic E-state index is 6.71. The second-order valence-corrected chi connectivity index (χ2v) is 8.80. The van der Waals surface area contributed by atoms with Gasteiger partial charge in [-0.3, -0.25) is 0 Å². The molecule has 0 fully saturated rings. The summed E-state index contributed by atoms with van der Waals surface area (Å²) in [5.74, 6) is 1.47. The van der Waals surface area contributed by atoms with Crippen molar-refractivity contribution in [2.24, 2.45) is 0 Å². The number of nitrogens with one attached hydrogen (secondary N) is 1. The van der Waals surface area contributed by atoms with E-state index in [1.165, 1.54) is 5.56 Å². The van der Waals surface area contributed by atoms with E-state index in [0.717, 1.165) is 33.7 Å². The van der Waals surface area contributed by atoms with Gasteiger partial charge in [0, 0.05) is 21.2 Å². The number of fused-ring (bicyclic) bond motifs is 3. The van der Waals surface area contributed by atoms with Crippen molar-refractivity contribution in [3.63, 3.8) is 0 Å². The molecule has 6 rings (SSSR count). The molecule has 3 heterocycles. The molecule has 32 heavy (non-hydrogen) atoms. The molecule has 1 N–H and O–H groups in total. The van der Waals surface area contributed by atoms with E-state index in [0.29, 0.717) is 16.0 Å². The topological polar surface area (TPSA) is 52.0 Å². The first-order valence-electron chi connectivity index (χ1n) is 10.3. The minimum Gasteiger partial charge on any atom is -0.480 e. The van der Waals surface area contributed by atoms with Gasteiger partial charge in [-0.1, -0.05) is 71.2 Å². The standard InChI is InChI=1S/C25H18Cl2N4O/c1-14-6-8-15(9-7-14)24-21-22(18-4-2-3-5-20(18)32-24)30-25-28-13-29-31(25)23(21)17-11-10-16(26)12-19(17)27/h2-13,23-24H,1H3,(H,28,29,30)/t23-,24-/m1/s1. The minimum atomic E-state index is -0.331. The molecule has 4 aromatic rings. The molecule has 0 bridgehead atoms. The Balaban J connectivity index is 1.64. The average Bonchev–Trinajstić information content (AvgIpc) is 3.27. The van der Waals surface area contributed by atoms with Gasteiger partial charge in [0.1, 0.15) is 24.2 Å². The van der Waals surface area contributed by atoms with Crippen molar-refractivity contribution in [1.82, 2.24) is 14.8 Å². The van der Waals surface area contributed by atoms with Gasteiger partial charge in [-0.15, -0.1) is 0 Å². The van der Waals surface area contributed by atoms with Gasteiger partial charge in [0.25, 0.3) is 0 Å². The first-order valence-corrected chi connectivity index (χ1v) is 11.0. The van der Waals surface area contributed by atoms with E-state index in [1.54, 1.807) is 12.4 Å². The molecule has 158 valence electrons. The van der Waals surface area contributed by atoms with E-state index in [2.05, 4.69) is 52.7 Å². The first kappa shape index (κ1) is 19.4. The number of benzene rings is 3. The van der Waals surface area contributed by atoms with Crippen molar-refractivity contribution in [2.45, 2.75) is 19.1 Å². The van der Waals surface area contributed by atoms with Crippen LogP contribution in [0.25, 0.3) is 5.70 Å². The monoisotopic (exact) mass is 460 g/mol. The van der Waals surface area contributed by atoms with Crippen LogP contribution in [0.15, 0.2) is 78.6 Å². The molecule has 0 unspecified atom stereocenters. The van der Waals surface area contributed by atoms with Crippen LogP contribution in [0.3, 0.4) is 0 Å². The number of hydrogen-bond acceptors (Lipinski definition) is 4. The summed E-state index contributed by atoms with van der Waals surface area (Å²) in [5.41, 5.74) is 6.10. The van der Waals surface area contributed by atoms with Gasteiger partial charge < -0.3 is 10.1 Å². The molecule has 1 aromatic heterocycles. The zero-order valence-corrected chi connectivity index (χ0v) is 18.6. The normalized spacial score (nSPS) is 18.8. The lowest BCUT2D eigenvalue weighted by Gasteiger charge is -2.39. The van der Waals surface area contributed by atoms with E-state index >= 15 is 0 Å². The number of rotatable bonds is 2. The predicted octanol–water partition coefficient (Wildman–Crippen LogP) is 6.45. The molecule has 2 aliphatic heterocycles. The molecular formula is C25H18Cl2N4O. The number of aromatic nitrogens is 3. The van der Waals surface area contributed by atoms with Crippen molar-refractivity contribution in [3.05, 3.63) is 111 Å². The Hall–Kier alpha value is -3.28. The fraction of sp³-hybridized carbons (Fsp3) is 0.120. The van der Waals surface area contributed by atoms with E-state index in [9.17, 15) is 0 Å². The van der Waals surface area contributed by atoms with Gasteiger partial charge in [-0.2, -0.15) is 10.1 Å². The SMILES string of the molecule is Cc1ccc([C@H]2Oc3ccccc3C3=C2[C@@H](c2ccc(Cl)cc2Cl)n2ncnc2N3)cc1. The Morgan fingerprint density at radius 1 is 1.00 bits per heavy atom. The average molecular weight is 461 g/mol. The van der Waals surface area contributed by atoms with Crippen LogP contribution in [0.1, 0.15) is 34.4 Å². The van der Waals surface area contributed by atoms with Crippen molar-refractivity contribution in [1.29, 1.82) is 0 Å². The molecule has 0 amide bonds. The zero-order chi connectivity index (χ0) is 21.8. The second-order valence-electron chi connectivity index (χ2n) is 7.96. The maximum Gasteiger partial charge on any atom is 0.226 e. The maximum absolute atomic E-state index is 6.71. The second kappa shape index (κ2) is 7.40. The minimum absolute atomic E-state index is 0.312. The molecule has 0 radical (unpaired) electrons. The van der Waals surface area contributed by atoms with Crippen LogP contribution in [0.5, 0.6) is 5.75 Å².